The molecule has 9 heteroatoms. The van der Waals surface area contributed by atoms with Crippen LogP contribution in [0.3, 0.4) is 0 Å². The van der Waals surface area contributed by atoms with Gasteiger partial charge in [0.25, 0.3) is 0 Å². The predicted molar refractivity (Wildman–Crippen MR) is 92.5 cm³/mol. The zero-order chi connectivity index (χ0) is 18.9. The lowest BCUT2D eigenvalue weighted by Gasteiger charge is -2.14. The fourth-order valence-corrected chi connectivity index (χ4v) is 1.98. The van der Waals surface area contributed by atoms with Crippen molar-refractivity contribution in [2.75, 3.05) is 39.5 Å². The molecule has 0 fully saturated rings. The third-order valence-electron chi connectivity index (χ3n) is 3.06. The number of carbonyl (C=O) groups excluding carboxylic acids is 1. The monoisotopic (exact) mass is 359 g/mol. The number of carbonyl (C=O) groups is 1. The molecule has 6 nitrogen and oxygen atoms in total. The highest BCUT2D eigenvalue weighted by molar-refractivity contribution is 5.92. The second kappa shape index (κ2) is 9.87. The normalized spacial score (nSPS) is 12.2. The van der Waals surface area contributed by atoms with Crippen LogP contribution >= 0.6 is 0 Å². The summed E-state index contributed by atoms with van der Waals surface area (Å²) in [6, 6.07) is 7.21. The van der Waals surface area contributed by atoms with Crippen LogP contribution in [0.5, 0.6) is 0 Å². The number of anilines is 1. The van der Waals surface area contributed by atoms with Crippen molar-refractivity contribution in [3.8, 4) is 0 Å². The summed E-state index contributed by atoms with van der Waals surface area (Å²) in [7, 11) is 5.09. The van der Waals surface area contributed by atoms with Crippen molar-refractivity contribution in [2.45, 2.75) is 19.1 Å². The maximum absolute atomic E-state index is 12.2. The van der Waals surface area contributed by atoms with Crippen LogP contribution in [0.25, 0.3) is 0 Å². The van der Waals surface area contributed by atoms with Gasteiger partial charge in [-0.05, 0) is 31.8 Å². The lowest BCUT2D eigenvalue weighted by atomic mass is 10.2. The quantitative estimate of drug-likeness (QED) is 0.513. The molecule has 0 bridgehead atoms. The molecule has 0 aliphatic carbocycles. The first-order valence-corrected chi connectivity index (χ1v) is 7.74. The van der Waals surface area contributed by atoms with Crippen LogP contribution in [0.2, 0.25) is 0 Å². The molecule has 0 spiro atoms. The second-order valence-electron chi connectivity index (χ2n) is 5.70. The molecule has 25 heavy (non-hydrogen) atoms. The summed E-state index contributed by atoms with van der Waals surface area (Å²) in [4.78, 5) is 17.4. The zero-order valence-corrected chi connectivity index (χ0v) is 14.6. The first-order chi connectivity index (χ1) is 11.7. The molecule has 1 amide bonds. The zero-order valence-electron chi connectivity index (χ0n) is 14.6. The average molecular weight is 359 g/mol. The van der Waals surface area contributed by atoms with Crippen molar-refractivity contribution in [3.63, 3.8) is 0 Å². The Morgan fingerprint density at radius 3 is 2.56 bits per heavy atom. The van der Waals surface area contributed by atoms with E-state index >= 15 is 0 Å². The molecule has 1 aromatic rings. The topological polar surface area (TPSA) is 68.8 Å². The standard InChI is InChI=1S/C16H24F3N5O/c1-20-15(21-8-7-16(17,18)19)22-10-12-5-4-6-13(9-12)23-14(25)11-24(2)3/h4-6,9H,7-8,10-11H2,1-3H3,(H,23,25)(H2,20,21,22). The lowest BCUT2D eigenvalue weighted by Crippen LogP contribution is -2.38. The van der Waals surface area contributed by atoms with Gasteiger partial charge in [-0.2, -0.15) is 13.2 Å². The van der Waals surface area contributed by atoms with Crippen molar-refractivity contribution in [1.29, 1.82) is 0 Å². The van der Waals surface area contributed by atoms with Gasteiger partial charge in [-0.3, -0.25) is 9.79 Å². The van der Waals surface area contributed by atoms with Crippen LogP contribution in [0.1, 0.15) is 12.0 Å². The highest BCUT2D eigenvalue weighted by atomic mass is 19.4. The van der Waals surface area contributed by atoms with Gasteiger partial charge in [-0.15, -0.1) is 0 Å². The molecule has 0 aliphatic heterocycles. The number of halogens is 3. The molecule has 0 aliphatic rings. The van der Waals surface area contributed by atoms with Gasteiger partial charge in [0.05, 0.1) is 13.0 Å². The van der Waals surface area contributed by atoms with Crippen LogP contribution in [-0.2, 0) is 11.3 Å². The lowest BCUT2D eigenvalue weighted by molar-refractivity contribution is -0.132. The van der Waals surface area contributed by atoms with Crippen molar-refractivity contribution >= 4 is 17.6 Å². The number of hydrogen-bond acceptors (Lipinski definition) is 3. The summed E-state index contributed by atoms with van der Waals surface area (Å²) >= 11 is 0. The molecule has 1 aromatic carbocycles. The van der Waals surface area contributed by atoms with E-state index in [1.165, 1.54) is 7.05 Å². The minimum absolute atomic E-state index is 0.125. The number of hydrogen-bond donors (Lipinski definition) is 3. The highest BCUT2D eigenvalue weighted by Crippen LogP contribution is 2.18. The first kappa shape index (κ1) is 20.8. The maximum Gasteiger partial charge on any atom is 0.390 e. The third kappa shape index (κ3) is 9.55. The first-order valence-electron chi connectivity index (χ1n) is 7.74. The van der Waals surface area contributed by atoms with Gasteiger partial charge in [-0.25, -0.2) is 0 Å². The number of nitrogens with one attached hydrogen (secondary N) is 3. The summed E-state index contributed by atoms with van der Waals surface area (Å²) in [6.07, 6.45) is -5.13. The van der Waals surface area contributed by atoms with Crippen molar-refractivity contribution in [2.24, 2.45) is 4.99 Å². The van der Waals surface area contributed by atoms with E-state index in [9.17, 15) is 18.0 Å². The van der Waals surface area contributed by atoms with Crippen molar-refractivity contribution in [1.82, 2.24) is 15.5 Å². The molecule has 1 rings (SSSR count). The van der Waals surface area contributed by atoms with E-state index in [4.69, 9.17) is 0 Å². The van der Waals surface area contributed by atoms with E-state index in [1.807, 2.05) is 6.07 Å². The molecule has 0 saturated heterocycles. The van der Waals surface area contributed by atoms with Crippen molar-refractivity contribution in [3.05, 3.63) is 29.8 Å². The largest absolute Gasteiger partial charge is 0.390 e. The van der Waals surface area contributed by atoms with Crippen LogP contribution in [0.4, 0.5) is 18.9 Å². The number of benzene rings is 1. The Morgan fingerprint density at radius 1 is 1.24 bits per heavy atom. The van der Waals surface area contributed by atoms with Crippen LogP contribution in [0, 0.1) is 0 Å². The maximum atomic E-state index is 12.2. The summed E-state index contributed by atoms with van der Waals surface area (Å²) in [5.41, 5.74) is 1.52. The van der Waals surface area contributed by atoms with E-state index in [-0.39, 0.29) is 25.0 Å². The number of amides is 1. The molecule has 0 heterocycles. The Bertz CT molecular complexity index is 587. The Kier molecular flexibility index (Phi) is 8.20. The van der Waals surface area contributed by atoms with E-state index in [0.717, 1.165) is 5.56 Å². The van der Waals surface area contributed by atoms with E-state index < -0.39 is 12.6 Å². The molecule has 0 unspecified atom stereocenters. The molecule has 0 atom stereocenters. The summed E-state index contributed by atoms with van der Waals surface area (Å²) in [5.74, 6) is 0.158. The number of likely N-dealkylation sites (N-methyl/N-ethyl adjacent to an activating group) is 1. The van der Waals surface area contributed by atoms with Gasteiger partial charge in [0.15, 0.2) is 5.96 Å². The van der Waals surface area contributed by atoms with E-state index in [2.05, 4.69) is 20.9 Å². The number of aliphatic imine (C=N–C) groups is 1. The molecular formula is C16H24F3N5O. The third-order valence-corrected chi connectivity index (χ3v) is 3.06. The minimum atomic E-state index is -4.20. The number of alkyl halides is 3. The molecule has 0 radical (unpaired) electrons. The average Bonchev–Trinajstić information content (AvgIpc) is 2.49. The van der Waals surface area contributed by atoms with E-state index in [1.54, 1.807) is 37.2 Å². The van der Waals surface area contributed by atoms with Crippen LogP contribution in [-0.4, -0.2) is 57.2 Å². The fourth-order valence-electron chi connectivity index (χ4n) is 1.98. The molecular weight excluding hydrogens is 335 g/mol. The van der Waals surface area contributed by atoms with Crippen molar-refractivity contribution < 1.29 is 18.0 Å². The summed E-state index contributed by atoms with van der Waals surface area (Å²) < 4.78 is 36.5. The fraction of sp³-hybridized carbons (Fsp3) is 0.500. The number of rotatable bonds is 7. The number of guanidine groups is 1. The van der Waals surface area contributed by atoms with Gasteiger partial charge in [0.1, 0.15) is 0 Å². The van der Waals surface area contributed by atoms with Gasteiger partial charge in [0, 0.05) is 25.8 Å². The summed E-state index contributed by atoms with van der Waals surface area (Å²) in [6.45, 7) is 0.394. The molecule has 0 aromatic heterocycles. The Morgan fingerprint density at radius 2 is 1.96 bits per heavy atom. The number of nitrogens with zero attached hydrogens (tertiary/aromatic N) is 2. The smallest absolute Gasteiger partial charge is 0.356 e. The Hall–Kier alpha value is -2.29. The Balaban J connectivity index is 2.50. The van der Waals surface area contributed by atoms with Gasteiger partial charge < -0.3 is 20.9 Å². The van der Waals surface area contributed by atoms with Gasteiger partial charge in [-0.1, -0.05) is 12.1 Å². The van der Waals surface area contributed by atoms with Crippen LogP contribution < -0.4 is 16.0 Å². The minimum Gasteiger partial charge on any atom is -0.356 e. The molecule has 0 saturated carbocycles. The van der Waals surface area contributed by atoms with Gasteiger partial charge in [0.2, 0.25) is 5.91 Å². The molecule has 140 valence electrons. The SMILES string of the molecule is CN=C(NCCC(F)(F)F)NCc1cccc(NC(=O)CN(C)C)c1. The van der Waals surface area contributed by atoms with Crippen LogP contribution in [0.15, 0.2) is 29.3 Å². The summed E-state index contributed by atoms with van der Waals surface area (Å²) in [5, 5.41) is 8.33. The van der Waals surface area contributed by atoms with Gasteiger partial charge >= 0.3 is 6.18 Å². The Labute approximate surface area is 145 Å². The predicted octanol–water partition coefficient (Wildman–Crippen LogP) is 1.80. The van der Waals surface area contributed by atoms with E-state index in [0.29, 0.717) is 12.2 Å². The second-order valence-corrected chi connectivity index (χ2v) is 5.70. The highest BCUT2D eigenvalue weighted by Gasteiger charge is 2.26. The molecule has 3 N–H and O–H groups in total.